The second kappa shape index (κ2) is 6.51. The largest absolute Gasteiger partial charge is 0.306 e. The third-order valence-corrected chi connectivity index (χ3v) is 4.29. The van der Waals surface area contributed by atoms with Gasteiger partial charge < -0.3 is 5.32 Å². The van der Waals surface area contributed by atoms with Crippen molar-refractivity contribution >= 4 is 22.9 Å². The Balaban J connectivity index is 2.46. The summed E-state index contributed by atoms with van der Waals surface area (Å²) >= 11 is 7.86. The van der Waals surface area contributed by atoms with Crippen molar-refractivity contribution in [3.63, 3.8) is 0 Å². The lowest BCUT2D eigenvalue weighted by Gasteiger charge is -2.21. The summed E-state index contributed by atoms with van der Waals surface area (Å²) in [5.41, 5.74) is 1.64. The Kier molecular flexibility index (Phi) is 4.97. The normalized spacial score (nSPS) is 12.6. The topological polar surface area (TPSA) is 12.0 Å². The van der Waals surface area contributed by atoms with E-state index in [-0.39, 0.29) is 11.9 Å². The minimum Gasteiger partial charge on any atom is -0.306 e. The van der Waals surface area contributed by atoms with Crippen molar-refractivity contribution in [2.45, 2.75) is 26.3 Å². The number of rotatable bonds is 5. The predicted molar refractivity (Wildman–Crippen MR) is 80.6 cm³/mol. The van der Waals surface area contributed by atoms with E-state index in [9.17, 15) is 4.39 Å². The van der Waals surface area contributed by atoms with Gasteiger partial charge in [-0.05, 0) is 49.0 Å². The molecule has 1 heterocycles. The van der Waals surface area contributed by atoms with Crippen molar-refractivity contribution in [1.82, 2.24) is 5.32 Å². The van der Waals surface area contributed by atoms with Gasteiger partial charge in [0.25, 0.3) is 0 Å². The highest BCUT2D eigenvalue weighted by atomic mass is 35.5. The van der Waals surface area contributed by atoms with E-state index in [4.69, 9.17) is 11.6 Å². The van der Waals surface area contributed by atoms with Crippen LogP contribution in [0.25, 0.3) is 0 Å². The van der Waals surface area contributed by atoms with E-state index in [0.717, 1.165) is 18.5 Å². The number of hydrogen-bond donors (Lipinski definition) is 1. The van der Waals surface area contributed by atoms with Crippen LogP contribution in [0, 0.1) is 12.7 Å². The fraction of sp³-hybridized carbons (Fsp3) is 0.333. The molecule has 0 spiro atoms. The number of hydrogen-bond acceptors (Lipinski definition) is 2. The Morgan fingerprint density at radius 3 is 2.74 bits per heavy atom. The van der Waals surface area contributed by atoms with Gasteiger partial charge in [-0.1, -0.05) is 24.6 Å². The highest BCUT2D eigenvalue weighted by molar-refractivity contribution is 7.10. The molecule has 1 atom stereocenters. The van der Waals surface area contributed by atoms with Gasteiger partial charge in [-0.3, -0.25) is 0 Å². The van der Waals surface area contributed by atoms with Crippen LogP contribution in [0.4, 0.5) is 4.39 Å². The molecule has 0 radical (unpaired) electrons. The lowest BCUT2D eigenvalue weighted by Crippen LogP contribution is -2.24. The molecule has 0 saturated carbocycles. The van der Waals surface area contributed by atoms with Crippen LogP contribution in [0.3, 0.4) is 0 Å². The molecule has 0 aliphatic carbocycles. The van der Waals surface area contributed by atoms with Crippen LogP contribution in [-0.2, 0) is 0 Å². The maximum Gasteiger partial charge on any atom is 0.129 e. The van der Waals surface area contributed by atoms with Crippen molar-refractivity contribution < 1.29 is 4.39 Å². The van der Waals surface area contributed by atoms with Gasteiger partial charge in [0.05, 0.1) is 6.04 Å². The highest BCUT2D eigenvalue weighted by Gasteiger charge is 2.22. The number of benzene rings is 1. The number of thiophene rings is 1. The van der Waals surface area contributed by atoms with Crippen molar-refractivity contribution in [1.29, 1.82) is 0 Å². The Bertz CT molecular complexity index is 533. The predicted octanol–water partition coefficient (Wildman–Crippen LogP) is 4.94. The SMILES string of the molecule is CCCNC(c1ccsc1C)c1c(F)cccc1Cl. The maximum atomic E-state index is 14.1. The summed E-state index contributed by atoms with van der Waals surface area (Å²) in [7, 11) is 0. The van der Waals surface area contributed by atoms with E-state index >= 15 is 0 Å². The standard InChI is InChI=1S/C15H17ClFNS/c1-3-8-18-15(11-7-9-19-10(11)2)14-12(16)5-4-6-13(14)17/h4-7,9,15,18H,3,8H2,1-2H3. The zero-order valence-corrected chi connectivity index (χ0v) is 12.6. The van der Waals surface area contributed by atoms with Gasteiger partial charge in [0.15, 0.2) is 0 Å². The van der Waals surface area contributed by atoms with Gasteiger partial charge in [-0.15, -0.1) is 11.3 Å². The van der Waals surface area contributed by atoms with Gasteiger partial charge in [-0.25, -0.2) is 4.39 Å². The minimum atomic E-state index is -0.258. The van der Waals surface area contributed by atoms with E-state index in [0.29, 0.717) is 10.6 Å². The quantitative estimate of drug-likeness (QED) is 0.824. The molecular formula is C15H17ClFNS. The number of aryl methyl sites for hydroxylation is 1. The van der Waals surface area contributed by atoms with E-state index in [1.54, 1.807) is 23.5 Å². The molecule has 102 valence electrons. The molecule has 1 unspecified atom stereocenters. The summed E-state index contributed by atoms with van der Waals surface area (Å²) in [5, 5.41) is 5.89. The van der Waals surface area contributed by atoms with Crippen LogP contribution < -0.4 is 5.32 Å². The minimum absolute atomic E-state index is 0.181. The van der Waals surface area contributed by atoms with Crippen LogP contribution in [-0.4, -0.2) is 6.54 Å². The first-order valence-electron chi connectivity index (χ1n) is 6.36. The fourth-order valence-corrected chi connectivity index (χ4v) is 3.15. The summed E-state index contributed by atoms with van der Waals surface area (Å²) < 4.78 is 14.1. The van der Waals surface area contributed by atoms with E-state index in [2.05, 4.69) is 19.2 Å². The molecule has 0 bridgehead atoms. The molecule has 1 N–H and O–H groups in total. The molecule has 0 amide bonds. The smallest absolute Gasteiger partial charge is 0.129 e. The first kappa shape index (κ1) is 14.5. The second-order valence-corrected chi connectivity index (χ2v) is 5.98. The number of nitrogens with one attached hydrogen (secondary N) is 1. The van der Waals surface area contributed by atoms with Crippen LogP contribution in [0.5, 0.6) is 0 Å². The summed E-state index contributed by atoms with van der Waals surface area (Å²) in [6.45, 7) is 4.97. The van der Waals surface area contributed by atoms with Gasteiger partial charge in [0, 0.05) is 15.5 Å². The van der Waals surface area contributed by atoms with Crippen LogP contribution in [0.2, 0.25) is 5.02 Å². The van der Waals surface area contributed by atoms with Crippen LogP contribution in [0.1, 0.15) is 35.4 Å². The van der Waals surface area contributed by atoms with E-state index in [1.165, 1.54) is 10.9 Å². The van der Waals surface area contributed by atoms with Crippen molar-refractivity contribution in [3.05, 3.63) is 56.5 Å². The second-order valence-electron chi connectivity index (χ2n) is 4.45. The zero-order chi connectivity index (χ0) is 13.8. The van der Waals surface area contributed by atoms with Crippen molar-refractivity contribution in [2.24, 2.45) is 0 Å². The lowest BCUT2D eigenvalue weighted by molar-refractivity contribution is 0.546. The van der Waals surface area contributed by atoms with E-state index in [1.807, 2.05) is 11.4 Å². The first-order chi connectivity index (χ1) is 9.15. The molecule has 4 heteroatoms. The van der Waals surface area contributed by atoms with Crippen LogP contribution in [0.15, 0.2) is 29.6 Å². The highest BCUT2D eigenvalue weighted by Crippen LogP contribution is 2.33. The summed E-state index contributed by atoms with van der Waals surface area (Å²) in [5.74, 6) is -0.258. The molecular weight excluding hydrogens is 281 g/mol. The van der Waals surface area contributed by atoms with Gasteiger partial charge >= 0.3 is 0 Å². The molecule has 19 heavy (non-hydrogen) atoms. The van der Waals surface area contributed by atoms with Gasteiger partial charge in [0.1, 0.15) is 5.82 Å². The molecule has 1 nitrogen and oxygen atoms in total. The Labute approximate surface area is 122 Å². The number of halogens is 2. The maximum absolute atomic E-state index is 14.1. The zero-order valence-electron chi connectivity index (χ0n) is 11.0. The molecule has 1 aromatic carbocycles. The monoisotopic (exact) mass is 297 g/mol. The Morgan fingerprint density at radius 1 is 1.37 bits per heavy atom. The van der Waals surface area contributed by atoms with E-state index < -0.39 is 0 Å². The Hall–Kier alpha value is -0.900. The third kappa shape index (κ3) is 3.16. The van der Waals surface area contributed by atoms with Crippen molar-refractivity contribution in [3.8, 4) is 0 Å². The average molecular weight is 298 g/mol. The molecule has 2 rings (SSSR count). The molecule has 0 fully saturated rings. The van der Waals surface area contributed by atoms with Crippen LogP contribution >= 0.6 is 22.9 Å². The third-order valence-electron chi connectivity index (χ3n) is 3.10. The molecule has 0 aliphatic heterocycles. The fourth-order valence-electron chi connectivity index (χ4n) is 2.14. The summed E-state index contributed by atoms with van der Waals surface area (Å²) in [4.78, 5) is 1.19. The lowest BCUT2D eigenvalue weighted by atomic mass is 9.98. The summed E-state index contributed by atoms with van der Waals surface area (Å²) in [6.07, 6.45) is 0.992. The molecule has 2 aromatic rings. The first-order valence-corrected chi connectivity index (χ1v) is 7.62. The Morgan fingerprint density at radius 2 is 2.16 bits per heavy atom. The average Bonchev–Trinajstić information content (AvgIpc) is 2.79. The molecule has 1 aromatic heterocycles. The summed E-state index contributed by atoms with van der Waals surface area (Å²) in [6, 6.07) is 6.69. The molecule has 0 saturated heterocycles. The van der Waals surface area contributed by atoms with Crippen molar-refractivity contribution in [2.75, 3.05) is 6.54 Å². The molecule has 0 aliphatic rings. The van der Waals surface area contributed by atoms with Gasteiger partial charge in [0.2, 0.25) is 0 Å². The van der Waals surface area contributed by atoms with Gasteiger partial charge in [-0.2, -0.15) is 0 Å².